The van der Waals surface area contributed by atoms with Crippen molar-refractivity contribution >= 4 is 0 Å². The molecule has 1 aliphatic rings. The third-order valence-corrected chi connectivity index (χ3v) is 3.77. The fourth-order valence-electron chi connectivity index (χ4n) is 2.55. The van der Waals surface area contributed by atoms with E-state index in [9.17, 15) is 0 Å². The van der Waals surface area contributed by atoms with E-state index in [-0.39, 0.29) is 0 Å². The maximum atomic E-state index is 5.16. The molecule has 5 heteroatoms. The Balaban J connectivity index is 1.62. The zero-order chi connectivity index (χ0) is 13.8. The second kappa shape index (κ2) is 6.05. The summed E-state index contributed by atoms with van der Waals surface area (Å²) in [6.07, 6.45) is 4.67. The lowest BCUT2D eigenvalue weighted by molar-refractivity contribution is 0.314. The van der Waals surface area contributed by atoms with Gasteiger partial charge in [0, 0.05) is 12.1 Å². The molecule has 0 unspecified atom stereocenters. The highest BCUT2D eigenvalue weighted by Gasteiger charge is 2.11. The SMILES string of the molecule is COc1ccc(-c2cn(CCN3CCCC3)nn2)cc1. The first kappa shape index (κ1) is 13.1. The topological polar surface area (TPSA) is 43.2 Å². The molecule has 0 saturated carbocycles. The van der Waals surface area contributed by atoms with Crippen LogP contribution in [0.1, 0.15) is 12.8 Å². The van der Waals surface area contributed by atoms with Gasteiger partial charge < -0.3 is 9.64 Å². The van der Waals surface area contributed by atoms with Gasteiger partial charge in [0.05, 0.1) is 19.9 Å². The van der Waals surface area contributed by atoms with Crippen LogP contribution in [0, 0.1) is 0 Å². The van der Waals surface area contributed by atoms with Gasteiger partial charge in [-0.25, -0.2) is 0 Å². The lowest BCUT2D eigenvalue weighted by atomic mass is 10.2. The smallest absolute Gasteiger partial charge is 0.118 e. The van der Waals surface area contributed by atoms with E-state index in [1.807, 2.05) is 35.1 Å². The number of hydrogen-bond acceptors (Lipinski definition) is 4. The minimum Gasteiger partial charge on any atom is -0.497 e. The van der Waals surface area contributed by atoms with Crippen LogP contribution in [0.3, 0.4) is 0 Å². The average molecular weight is 272 g/mol. The average Bonchev–Trinajstić information content (AvgIpc) is 3.17. The molecule has 0 spiro atoms. The van der Waals surface area contributed by atoms with Crippen LogP contribution in [0.15, 0.2) is 30.5 Å². The maximum Gasteiger partial charge on any atom is 0.118 e. The molecule has 0 radical (unpaired) electrons. The van der Waals surface area contributed by atoms with Gasteiger partial charge in [-0.1, -0.05) is 5.21 Å². The number of ether oxygens (including phenoxy) is 1. The largest absolute Gasteiger partial charge is 0.497 e. The number of rotatable bonds is 5. The molecular formula is C15H20N4O. The van der Waals surface area contributed by atoms with Gasteiger partial charge in [0.2, 0.25) is 0 Å². The number of hydrogen-bond donors (Lipinski definition) is 0. The van der Waals surface area contributed by atoms with Crippen molar-refractivity contribution in [3.05, 3.63) is 30.5 Å². The summed E-state index contributed by atoms with van der Waals surface area (Å²) in [5, 5.41) is 8.45. The number of likely N-dealkylation sites (tertiary alicyclic amines) is 1. The van der Waals surface area contributed by atoms with E-state index >= 15 is 0 Å². The molecule has 0 bridgehead atoms. The zero-order valence-corrected chi connectivity index (χ0v) is 11.8. The van der Waals surface area contributed by atoms with Crippen molar-refractivity contribution in [2.75, 3.05) is 26.7 Å². The summed E-state index contributed by atoms with van der Waals surface area (Å²) in [6.45, 7) is 4.41. The Hall–Kier alpha value is -1.88. The van der Waals surface area contributed by atoms with Gasteiger partial charge in [-0.2, -0.15) is 0 Å². The predicted octanol–water partition coefficient (Wildman–Crippen LogP) is 2.05. The first-order valence-corrected chi connectivity index (χ1v) is 7.12. The molecule has 0 aliphatic carbocycles. The van der Waals surface area contributed by atoms with Gasteiger partial charge >= 0.3 is 0 Å². The van der Waals surface area contributed by atoms with Crippen molar-refractivity contribution in [3.8, 4) is 17.0 Å². The molecule has 2 aromatic rings. The van der Waals surface area contributed by atoms with Crippen LogP contribution in [0.4, 0.5) is 0 Å². The molecule has 0 N–H and O–H groups in total. The van der Waals surface area contributed by atoms with Crippen LogP contribution in [-0.4, -0.2) is 46.6 Å². The van der Waals surface area contributed by atoms with Crippen molar-refractivity contribution in [1.82, 2.24) is 19.9 Å². The van der Waals surface area contributed by atoms with Gasteiger partial charge in [0.15, 0.2) is 0 Å². The van der Waals surface area contributed by atoms with Crippen LogP contribution in [0.25, 0.3) is 11.3 Å². The molecule has 1 fully saturated rings. The summed E-state index contributed by atoms with van der Waals surface area (Å²) >= 11 is 0. The molecule has 0 amide bonds. The Morgan fingerprint density at radius 1 is 1.10 bits per heavy atom. The first-order valence-electron chi connectivity index (χ1n) is 7.12. The Morgan fingerprint density at radius 2 is 1.85 bits per heavy atom. The summed E-state index contributed by atoms with van der Waals surface area (Å²) < 4.78 is 7.09. The Kier molecular flexibility index (Phi) is 3.97. The van der Waals surface area contributed by atoms with E-state index in [0.717, 1.165) is 30.1 Å². The molecule has 1 saturated heterocycles. The molecule has 1 aromatic heterocycles. The maximum absolute atomic E-state index is 5.16. The lowest BCUT2D eigenvalue weighted by Gasteiger charge is -2.13. The van der Waals surface area contributed by atoms with Crippen molar-refractivity contribution in [3.63, 3.8) is 0 Å². The number of nitrogens with zero attached hydrogens (tertiary/aromatic N) is 4. The normalized spacial score (nSPS) is 15.7. The summed E-state index contributed by atoms with van der Waals surface area (Å²) in [7, 11) is 1.67. The summed E-state index contributed by atoms with van der Waals surface area (Å²) in [5.74, 6) is 0.857. The molecule has 0 atom stereocenters. The van der Waals surface area contributed by atoms with Crippen molar-refractivity contribution in [2.45, 2.75) is 19.4 Å². The van der Waals surface area contributed by atoms with E-state index in [0.29, 0.717) is 0 Å². The summed E-state index contributed by atoms with van der Waals surface area (Å²) in [4.78, 5) is 2.48. The highest BCUT2D eigenvalue weighted by Crippen LogP contribution is 2.19. The van der Waals surface area contributed by atoms with Gasteiger partial charge in [0.1, 0.15) is 11.4 Å². The second-order valence-electron chi connectivity index (χ2n) is 5.14. The van der Waals surface area contributed by atoms with E-state index in [1.54, 1.807) is 7.11 Å². The quantitative estimate of drug-likeness (QED) is 0.835. The standard InChI is InChI=1S/C15H20N4O/c1-20-14-6-4-13(5-7-14)15-12-19(17-16-15)11-10-18-8-2-3-9-18/h4-7,12H,2-3,8-11H2,1H3. The zero-order valence-electron chi connectivity index (χ0n) is 11.8. The molecule has 3 rings (SSSR count). The minimum absolute atomic E-state index is 0.857. The third kappa shape index (κ3) is 2.99. The van der Waals surface area contributed by atoms with Gasteiger partial charge in [0.25, 0.3) is 0 Å². The second-order valence-corrected chi connectivity index (χ2v) is 5.14. The minimum atomic E-state index is 0.857. The molecule has 1 aromatic carbocycles. The third-order valence-electron chi connectivity index (χ3n) is 3.77. The first-order chi connectivity index (χ1) is 9.85. The lowest BCUT2D eigenvalue weighted by Crippen LogP contribution is -2.24. The number of aromatic nitrogens is 3. The van der Waals surface area contributed by atoms with Gasteiger partial charge in [-0.05, 0) is 50.2 Å². The summed E-state index contributed by atoms with van der Waals surface area (Å²) in [6, 6.07) is 7.90. The van der Waals surface area contributed by atoms with Crippen molar-refractivity contribution in [2.24, 2.45) is 0 Å². The van der Waals surface area contributed by atoms with E-state index in [2.05, 4.69) is 15.2 Å². The molecular weight excluding hydrogens is 252 g/mol. The molecule has 2 heterocycles. The Morgan fingerprint density at radius 3 is 2.55 bits per heavy atom. The van der Waals surface area contributed by atoms with Crippen LogP contribution in [0.2, 0.25) is 0 Å². The fraction of sp³-hybridized carbons (Fsp3) is 0.467. The van der Waals surface area contributed by atoms with Crippen LogP contribution >= 0.6 is 0 Å². The van der Waals surface area contributed by atoms with Crippen LogP contribution < -0.4 is 4.74 Å². The summed E-state index contributed by atoms with van der Waals surface area (Å²) in [5.41, 5.74) is 1.98. The Labute approximate surface area is 119 Å². The molecule has 20 heavy (non-hydrogen) atoms. The Bertz CT molecular complexity index is 543. The monoisotopic (exact) mass is 272 g/mol. The number of benzene rings is 1. The number of methoxy groups -OCH3 is 1. The highest BCUT2D eigenvalue weighted by atomic mass is 16.5. The fourth-order valence-corrected chi connectivity index (χ4v) is 2.55. The molecule has 106 valence electrons. The van der Waals surface area contributed by atoms with Gasteiger partial charge in [-0.15, -0.1) is 5.10 Å². The van der Waals surface area contributed by atoms with Crippen molar-refractivity contribution in [1.29, 1.82) is 0 Å². The highest BCUT2D eigenvalue weighted by molar-refractivity contribution is 5.58. The molecule has 5 nitrogen and oxygen atoms in total. The van der Waals surface area contributed by atoms with E-state index < -0.39 is 0 Å². The van der Waals surface area contributed by atoms with Crippen LogP contribution in [-0.2, 0) is 6.54 Å². The van der Waals surface area contributed by atoms with Crippen molar-refractivity contribution < 1.29 is 4.74 Å². The van der Waals surface area contributed by atoms with E-state index in [1.165, 1.54) is 25.9 Å². The van der Waals surface area contributed by atoms with Gasteiger partial charge in [-0.3, -0.25) is 4.68 Å². The van der Waals surface area contributed by atoms with Crippen LogP contribution in [0.5, 0.6) is 5.75 Å². The van der Waals surface area contributed by atoms with E-state index in [4.69, 9.17) is 4.74 Å². The molecule has 1 aliphatic heterocycles. The predicted molar refractivity (Wildman–Crippen MR) is 77.7 cm³/mol.